The van der Waals surface area contributed by atoms with Crippen molar-refractivity contribution in [1.82, 2.24) is 15.6 Å². The summed E-state index contributed by atoms with van der Waals surface area (Å²) in [4.78, 5) is 18.5. The Labute approximate surface area is 127 Å². The zero-order valence-corrected chi connectivity index (χ0v) is 12.9. The van der Waals surface area contributed by atoms with E-state index in [1.165, 1.54) is 32.1 Å². The summed E-state index contributed by atoms with van der Waals surface area (Å²) in [7, 11) is 0. The van der Waals surface area contributed by atoms with Crippen LogP contribution in [0.1, 0.15) is 44.6 Å². The van der Waals surface area contributed by atoms with Crippen LogP contribution in [0.2, 0.25) is 0 Å². The molecule has 2 amide bonds. The summed E-state index contributed by atoms with van der Waals surface area (Å²) in [5.74, 6) is 1.02. The lowest BCUT2D eigenvalue weighted by atomic mass is 10.1. The van der Waals surface area contributed by atoms with Gasteiger partial charge in [0.05, 0.1) is 0 Å². The van der Waals surface area contributed by atoms with E-state index in [-0.39, 0.29) is 6.03 Å². The number of hydrogen-bond donors (Lipinski definition) is 2. The Morgan fingerprint density at radius 1 is 1.19 bits per heavy atom. The third-order valence-corrected chi connectivity index (χ3v) is 3.80. The van der Waals surface area contributed by atoms with E-state index in [0.717, 1.165) is 24.5 Å². The van der Waals surface area contributed by atoms with E-state index in [2.05, 4.69) is 20.5 Å². The average Bonchev–Trinajstić information content (AvgIpc) is 2.46. The first-order valence-corrected chi connectivity index (χ1v) is 8.02. The van der Waals surface area contributed by atoms with Crippen LogP contribution >= 0.6 is 0 Å². The van der Waals surface area contributed by atoms with Crippen LogP contribution in [0.5, 0.6) is 0 Å². The van der Waals surface area contributed by atoms with Crippen LogP contribution in [0.15, 0.2) is 18.3 Å². The fraction of sp³-hybridized carbons (Fsp3) is 0.625. The zero-order valence-electron chi connectivity index (χ0n) is 12.9. The van der Waals surface area contributed by atoms with Gasteiger partial charge in [-0.15, -0.1) is 0 Å². The molecule has 1 aliphatic rings. The van der Waals surface area contributed by atoms with Crippen LogP contribution in [0, 0.1) is 0 Å². The molecule has 1 aromatic rings. The molecule has 5 heteroatoms. The van der Waals surface area contributed by atoms with Crippen LogP contribution in [-0.4, -0.2) is 30.6 Å². The van der Waals surface area contributed by atoms with Crippen molar-refractivity contribution in [3.05, 3.63) is 23.9 Å². The largest absolute Gasteiger partial charge is 0.356 e. The van der Waals surface area contributed by atoms with Crippen LogP contribution in [0.4, 0.5) is 10.6 Å². The van der Waals surface area contributed by atoms with Crippen molar-refractivity contribution in [3.63, 3.8) is 0 Å². The molecule has 21 heavy (non-hydrogen) atoms. The number of rotatable bonds is 4. The highest BCUT2D eigenvalue weighted by Gasteiger charge is 2.14. The lowest BCUT2D eigenvalue weighted by Crippen LogP contribution is -2.35. The Morgan fingerprint density at radius 3 is 2.62 bits per heavy atom. The Kier molecular flexibility index (Phi) is 6.31. The Balaban J connectivity index is 2.02. The zero-order chi connectivity index (χ0) is 14.9. The number of nitrogens with one attached hydrogen (secondary N) is 2. The van der Waals surface area contributed by atoms with Gasteiger partial charge in [0, 0.05) is 37.9 Å². The lowest BCUT2D eigenvalue weighted by Gasteiger charge is -2.27. The third kappa shape index (κ3) is 4.92. The summed E-state index contributed by atoms with van der Waals surface area (Å²) in [6, 6.07) is 3.86. The van der Waals surface area contributed by atoms with E-state index in [1.807, 2.05) is 25.3 Å². The summed E-state index contributed by atoms with van der Waals surface area (Å²) in [5.41, 5.74) is 1.09. The summed E-state index contributed by atoms with van der Waals surface area (Å²) in [6.07, 6.45) is 8.23. The molecule has 1 saturated heterocycles. The normalized spacial score (nSPS) is 16.0. The molecule has 116 valence electrons. The molecule has 0 spiro atoms. The van der Waals surface area contributed by atoms with Crippen molar-refractivity contribution in [2.45, 2.75) is 45.6 Å². The van der Waals surface area contributed by atoms with Crippen molar-refractivity contribution in [1.29, 1.82) is 0 Å². The summed E-state index contributed by atoms with van der Waals surface area (Å²) >= 11 is 0. The van der Waals surface area contributed by atoms with E-state index in [4.69, 9.17) is 0 Å². The predicted octanol–water partition coefficient (Wildman–Crippen LogP) is 2.67. The third-order valence-electron chi connectivity index (χ3n) is 3.80. The topological polar surface area (TPSA) is 57.3 Å². The first kappa shape index (κ1) is 15.6. The van der Waals surface area contributed by atoms with Crippen molar-refractivity contribution >= 4 is 11.8 Å². The van der Waals surface area contributed by atoms with E-state index in [0.29, 0.717) is 13.1 Å². The second-order valence-electron chi connectivity index (χ2n) is 5.45. The summed E-state index contributed by atoms with van der Waals surface area (Å²) < 4.78 is 0. The molecular formula is C16H26N4O. The fourth-order valence-corrected chi connectivity index (χ4v) is 2.71. The molecule has 1 aliphatic heterocycles. The molecule has 2 rings (SSSR count). The quantitative estimate of drug-likeness (QED) is 0.896. The van der Waals surface area contributed by atoms with E-state index in [1.54, 1.807) is 0 Å². The predicted molar refractivity (Wildman–Crippen MR) is 85.4 cm³/mol. The molecule has 0 aliphatic carbocycles. The minimum atomic E-state index is -0.125. The standard InChI is InChI=1S/C16H26N4O/c1-2-17-16(21)19-13-14-9-8-10-18-15(14)20-11-6-4-3-5-7-12-20/h8-10H,2-7,11-13H2,1H3,(H2,17,19,21). The molecule has 1 aromatic heterocycles. The van der Waals surface area contributed by atoms with Gasteiger partial charge in [-0.2, -0.15) is 0 Å². The van der Waals surface area contributed by atoms with Gasteiger partial charge in [-0.3, -0.25) is 0 Å². The van der Waals surface area contributed by atoms with Gasteiger partial charge in [0.1, 0.15) is 5.82 Å². The maximum atomic E-state index is 11.5. The van der Waals surface area contributed by atoms with Gasteiger partial charge in [0.2, 0.25) is 0 Å². The number of anilines is 1. The molecule has 2 N–H and O–H groups in total. The van der Waals surface area contributed by atoms with Crippen molar-refractivity contribution in [2.24, 2.45) is 0 Å². The molecule has 0 radical (unpaired) electrons. The van der Waals surface area contributed by atoms with Crippen LogP contribution in [0.25, 0.3) is 0 Å². The van der Waals surface area contributed by atoms with E-state index < -0.39 is 0 Å². The second-order valence-corrected chi connectivity index (χ2v) is 5.45. The molecule has 0 aromatic carbocycles. The first-order chi connectivity index (χ1) is 10.3. The lowest BCUT2D eigenvalue weighted by molar-refractivity contribution is 0.241. The van der Waals surface area contributed by atoms with Gasteiger partial charge in [-0.25, -0.2) is 9.78 Å². The molecular weight excluding hydrogens is 264 g/mol. The number of carbonyl (C=O) groups is 1. The maximum absolute atomic E-state index is 11.5. The molecule has 1 fully saturated rings. The fourth-order valence-electron chi connectivity index (χ4n) is 2.71. The average molecular weight is 290 g/mol. The van der Waals surface area contributed by atoms with Crippen molar-refractivity contribution in [3.8, 4) is 0 Å². The Bertz CT molecular complexity index is 442. The van der Waals surface area contributed by atoms with Crippen LogP contribution < -0.4 is 15.5 Å². The van der Waals surface area contributed by atoms with Gasteiger partial charge in [-0.1, -0.05) is 25.3 Å². The molecule has 0 unspecified atom stereocenters. The Hall–Kier alpha value is -1.78. The summed E-state index contributed by atoms with van der Waals surface area (Å²) in [5, 5.41) is 5.64. The van der Waals surface area contributed by atoms with Gasteiger partial charge in [0.25, 0.3) is 0 Å². The van der Waals surface area contributed by atoms with Gasteiger partial charge >= 0.3 is 6.03 Å². The molecule has 5 nitrogen and oxygen atoms in total. The number of amides is 2. The first-order valence-electron chi connectivity index (χ1n) is 8.02. The smallest absolute Gasteiger partial charge is 0.315 e. The highest BCUT2D eigenvalue weighted by Crippen LogP contribution is 2.20. The van der Waals surface area contributed by atoms with E-state index >= 15 is 0 Å². The number of aromatic nitrogens is 1. The molecule has 0 atom stereocenters. The number of nitrogens with zero attached hydrogens (tertiary/aromatic N) is 2. The minimum Gasteiger partial charge on any atom is -0.356 e. The van der Waals surface area contributed by atoms with Gasteiger partial charge in [0.15, 0.2) is 0 Å². The Morgan fingerprint density at radius 2 is 1.90 bits per heavy atom. The number of hydrogen-bond acceptors (Lipinski definition) is 3. The van der Waals surface area contributed by atoms with Gasteiger partial charge < -0.3 is 15.5 Å². The molecule has 2 heterocycles. The monoisotopic (exact) mass is 290 g/mol. The van der Waals surface area contributed by atoms with E-state index in [9.17, 15) is 4.79 Å². The second kappa shape index (κ2) is 8.49. The van der Waals surface area contributed by atoms with Gasteiger partial charge in [-0.05, 0) is 25.8 Å². The highest BCUT2D eigenvalue weighted by molar-refractivity contribution is 5.73. The highest BCUT2D eigenvalue weighted by atomic mass is 16.2. The molecule has 0 saturated carbocycles. The van der Waals surface area contributed by atoms with Crippen LogP contribution in [-0.2, 0) is 6.54 Å². The van der Waals surface area contributed by atoms with Crippen molar-refractivity contribution in [2.75, 3.05) is 24.5 Å². The minimum absolute atomic E-state index is 0.125. The van der Waals surface area contributed by atoms with Crippen molar-refractivity contribution < 1.29 is 4.79 Å². The number of carbonyl (C=O) groups excluding carboxylic acids is 1. The maximum Gasteiger partial charge on any atom is 0.315 e. The SMILES string of the molecule is CCNC(=O)NCc1cccnc1N1CCCCCCC1. The van der Waals surface area contributed by atoms with Crippen LogP contribution in [0.3, 0.4) is 0 Å². The number of pyridine rings is 1. The summed E-state index contributed by atoms with van der Waals surface area (Å²) in [6.45, 7) is 5.19. The molecule has 0 bridgehead atoms. The number of urea groups is 1.